The van der Waals surface area contributed by atoms with Gasteiger partial charge in [-0.2, -0.15) is 5.10 Å². The molecule has 1 fully saturated rings. The Morgan fingerprint density at radius 2 is 2.07 bits per heavy atom. The Kier molecular flexibility index (Phi) is 6.87. The summed E-state index contributed by atoms with van der Waals surface area (Å²) in [5.41, 5.74) is 0.924. The van der Waals surface area contributed by atoms with Crippen molar-refractivity contribution in [1.82, 2.24) is 20.0 Å². The van der Waals surface area contributed by atoms with Crippen LogP contribution in [0, 0.1) is 0 Å². The Morgan fingerprint density at radius 1 is 1.32 bits per heavy atom. The predicted molar refractivity (Wildman–Crippen MR) is 110 cm³/mol. The van der Waals surface area contributed by atoms with E-state index in [2.05, 4.69) is 29.1 Å². The molecular weight excluding hydrogens is 352 g/mol. The van der Waals surface area contributed by atoms with Crippen LogP contribution in [0.25, 0.3) is 0 Å². The van der Waals surface area contributed by atoms with E-state index in [0.717, 1.165) is 19.3 Å². The van der Waals surface area contributed by atoms with E-state index in [1.165, 1.54) is 5.56 Å². The second-order valence-corrected chi connectivity index (χ2v) is 7.52. The fourth-order valence-electron chi connectivity index (χ4n) is 3.64. The largest absolute Gasteiger partial charge is 0.370 e. The highest BCUT2D eigenvalue weighted by molar-refractivity contribution is 5.74. The molecule has 1 atom stereocenters. The van der Waals surface area contributed by atoms with E-state index in [1.54, 1.807) is 6.20 Å². The number of carbonyl (C=O) groups excluding carboxylic acids is 1. The summed E-state index contributed by atoms with van der Waals surface area (Å²) >= 11 is 0. The van der Waals surface area contributed by atoms with Crippen molar-refractivity contribution in [1.29, 1.82) is 0 Å². The van der Waals surface area contributed by atoms with Gasteiger partial charge in [0.15, 0.2) is 0 Å². The first-order chi connectivity index (χ1) is 13.6. The van der Waals surface area contributed by atoms with Gasteiger partial charge in [0.2, 0.25) is 0 Å². The SMILES string of the molecule is C=CCC1(OCc2ccccc2)CCN(C(=O)NC(C)Cn2cccn2)CC1. The van der Waals surface area contributed by atoms with Crippen LogP contribution in [0.15, 0.2) is 61.4 Å². The maximum atomic E-state index is 12.6. The van der Waals surface area contributed by atoms with Gasteiger partial charge in [0.1, 0.15) is 0 Å². The van der Waals surface area contributed by atoms with Crippen molar-refractivity contribution in [2.24, 2.45) is 0 Å². The highest BCUT2D eigenvalue weighted by Crippen LogP contribution is 2.31. The average molecular weight is 383 g/mol. The second-order valence-electron chi connectivity index (χ2n) is 7.52. The zero-order chi connectivity index (χ0) is 19.8. The molecule has 2 heterocycles. The number of nitrogens with one attached hydrogen (secondary N) is 1. The summed E-state index contributed by atoms with van der Waals surface area (Å²) in [5.74, 6) is 0. The van der Waals surface area contributed by atoms with Crippen LogP contribution in [-0.4, -0.2) is 45.4 Å². The van der Waals surface area contributed by atoms with Crippen LogP contribution in [0.2, 0.25) is 0 Å². The number of hydrogen-bond donors (Lipinski definition) is 1. The van der Waals surface area contributed by atoms with Crippen LogP contribution >= 0.6 is 0 Å². The summed E-state index contributed by atoms with van der Waals surface area (Å²) in [7, 11) is 0. The molecular formula is C22H30N4O2. The predicted octanol–water partition coefficient (Wildman–Crippen LogP) is 3.61. The third-order valence-electron chi connectivity index (χ3n) is 5.26. The fraction of sp³-hybridized carbons (Fsp3) is 0.455. The molecule has 1 aliphatic rings. The van der Waals surface area contributed by atoms with Gasteiger partial charge in [-0.15, -0.1) is 6.58 Å². The topological polar surface area (TPSA) is 59.4 Å². The van der Waals surface area contributed by atoms with Gasteiger partial charge in [-0.05, 0) is 37.8 Å². The molecule has 1 saturated heterocycles. The van der Waals surface area contributed by atoms with Crippen LogP contribution in [0.4, 0.5) is 4.79 Å². The Hall–Kier alpha value is -2.60. The lowest BCUT2D eigenvalue weighted by molar-refractivity contribution is -0.0860. The van der Waals surface area contributed by atoms with Crippen LogP contribution in [0.3, 0.4) is 0 Å². The molecule has 0 radical (unpaired) electrons. The van der Waals surface area contributed by atoms with Gasteiger partial charge in [-0.25, -0.2) is 4.79 Å². The van der Waals surface area contributed by atoms with E-state index in [1.807, 2.05) is 53.0 Å². The summed E-state index contributed by atoms with van der Waals surface area (Å²) in [4.78, 5) is 14.5. The first kappa shape index (κ1) is 20.1. The molecule has 6 heteroatoms. The number of amides is 2. The maximum absolute atomic E-state index is 12.6. The van der Waals surface area contributed by atoms with Gasteiger partial charge in [0.05, 0.1) is 18.8 Å². The van der Waals surface area contributed by atoms with E-state index in [-0.39, 0.29) is 17.7 Å². The lowest BCUT2D eigenvalue weighted by atomic mass is 9.88. The molecule has 0 aliphatic carbocycles. The average Bonchev–Trinajstić information content (AvgIpc) is 3.21. The van der Waals surface area contributed by atoms with Crippen molar-refractivity contribution >= 4 is 6.03 Å². The molecule has 6 nitrogen and oxygen atoms in total. The summed E-state index contributed by atoms with van der Waals surface area (Å²) in [5, 5.41) is 7.26. The number of carbonyl (C=O) groups is 1. The fourth-order valence-corrected chi connectivity index (χ4v) is 3.64. The molecule has 1 aliphatic heterocycles. The number of ether oxygens (including phenoxy) is 1. The van der Waals surface area contributed by atoms with E-state index < -0.39 is 0 Å². The Labute approximate surface area is 167 Å². The van der Waals surface area contributed by atoms with Gasteiger partial charge in [-0.3, -0.25) is 4.68 Å². The molecule has 1 unspecified atom stereocenters. The minimum Gasteiger partial charge on any atom is -0.370 e. The maximum Gasteiger partial charge on any atom is 0.317 e. The zero-order valence-electron chi connectivity index (χ0n) is 16.6. The van der Waals surface area contributed by atoms with Crippen molar-refractivity contribution < 1.29 is 9.53 Å². The molecule has 2 amide bonds. The van der Waals surface area contributed by atoms with Crippen LogP contribution in [0.1, 0.15) is 31.7 Å². The number of rotatable bonds is 8. The van der Waals surface area contributed by atoms with Crippen molar-refractivity contribution in [3.05, 3.63) is 67.0 Å². The van der Waals surface area contributed by atoms with Crippen LogP contribution in [0.5, 0.6) is 0 Å². The van der Waals surface area contributed by atoms with Crippen molar-refractivity contribution in [2.75, 3.05) is 13.1 Å². The summed E-state index contributed by atoms with van der Waals surface area (Å²) < 4.78 is 8.16. The monoisotopic (exact) mass is 382 g/mol. The molecule has 0 spiro atoms. The minimum atomic E-state index is -0.241. The first-order valence-electron chi connectivity index (χ1n) is 9.92. The third-order valence-corrected chi connectivity index (χ3v) is 5.26. The highest BCUT2D eigenvalue weighted by Gasteiger charge is 2.36. The Bertz CT molecular complexity index is 737. The normalized spacial score (nSPS) is 17.1. The summed E-state index contributed by atoms with van der Waals surface area (Å²) in [6, 6.07) is 12.1. The van der Waals surface area contributed by atoms with E-state index >= 15 is 0 Å². The smallest absolute Gasteiger partial charge is 0.317 e. The van der Waals surface area contributed by atoms with Gasteiger partial charge in [-0.1, -0.05) is 36.4 Å². The molecule has 28 heavy (non-hydrogen) atoms. The second kappa shape index (κ2) is 9.55. The molecule has 1 aromatic heterocycles. The zero-order valence-corrected chi connectivity index (χ0v) is 16.6. The van der Waals surface area contributed by atoms with Gasteiger partial charge >= 0.3 is 6.03 Å². The standard InChI is InChI=1S/C22H30N4O2/c1-3-10-22(28-18-20-8-5-4-6-9-20)11-15-25(16-12-22)21(27)24-19(2)17-26-14-7-13-23-26/h3-9,13-14,19H,1,10-12,15-18H2,2H3,(H,24,27). The number of aromatic nitrogens is 2. The number of benzene rings is 1. The summed E-state index contributed by atoms with van der Waals surface area (Å²) in [6.45, 7) is 8.51. The van der Waals surface area contributed by atoms with Crippen molar-refractivity contribution in [3.8, 4) is 0 Å². The lowest BCUT2D eigenvalue weighted by Crippen LogP contribution is -2.52. The van der Waals surface area contributed by atoms with E-state index in [9.17, 15) is 4.79 Å². The number of piperidine rings is 1. The first-order valence-corrected chi connectivity index (χ1v) is 9.92. The lowest BCUT2D eigenvalue weighted by Gasteiger charge is -2.41. The van der Waals surface area contributed by atoms with Crippen LogP contribution < -0.4 is 5.32 Å². The quantitative estimate of drug-likeness (QED) is 0.710. The molecule has 1 N–H and O–H groups in total. The number of likely N-dealkylation sites (tertiary alicyclic amines) is 1. The highest BCUT2D eigenvalue weighted by atomic mass is 16.5. The number of nitrogens with zero attached hydrogens (tertiary/aromatic N) is 3. The number of urea groups is 1. The van der Waals surface area contributed by atoms with E-state index in [0.29, 0.717) is 26.2 Å². The molecule has 2 aromatic rings. The molecule has 0 bridgehead atoms. The molecule has 0 saturated carbocycles. The van der Waals surface area contributed by atoms with Gasteiger partial charge in [0.25, 0.3) is 0 Å². The van der Waals surface area contributed by atoms with Crippen molar-refractivity contribution in [3.63, 3.8) is 0 Å². The Balaban J connectivity index is 1.50. The van der Waals surface area contributed by atoms with Gasteiger partial charge in [0, 0.05) is 31.5 Å². The van der Waals surface area contributed by atoms with Crippen molar-refractivity contribution in [2.45, 2.75) is 51.0 Å². The number of hydrogen-bond acceptors (Lipinski definition) is 3. The van der Waals surface area contributed by atoms with E-state index in [4.69, 9.17) is 4.74 Å². The molecule has 150 valence electrons. The van der Waals surface area contributed by atoms with Gasteiger partial charge < -0.3 is 15.0 Å². The van der Waals surface area contributed by atoms with Crippen LogP contribution in [-0.2, 0) is 17.9 Å². The minimum absolute atomic E-state index is 0.0154. The summed E-state index contributed by atoms with van der Waals surface area (Å²) in [6.07, 6.45) is 7.99. The molecule has 3 rings (SSSR count). The third kappa shape index (κ3) is 5.45. The molecule has 1 aromatic carbocycles. The Morgan fingerprint density at radius 3 is 2.71 bits per heavy atom.